The average Bonchev–Trinajstić information content (AvgIpc) is 2.69. The molecular weight excluding hydrogens is 348 g/mol. The fourth-order valence-corrected chi connectivity index (χ4v) is 3.47. The number of aryl methyl sites for hydroxylation is 1. The predicted molar refractivity (Wildman–Crippen MR) is 118 cm³/mol. The molecule has 28 heavy (non-hydrogen) atoms. The topological polar surface area (TPSA) is 51.7 Å². The van der Waals surface area contributed by atoms with Gasteiger partial charge in [-0.1, -0.05) is 17.7 Å². The highest BCUT2D eigenvalue weighted by Crippen LogP contribution is 2.28. The Kier molecular flexibility index (Phi) is 6.47. The minimum atomic E-state index is -0.0570. The first kappa shape index (κ1) is 20.1. The van der Waals surface area contributed by atoms with Crippen LogP contribution in [-0.4, -0.2) is 42.3 Å². The van der Waals surface area contributed by atoms with Crippen molar-refractivity contribution in [2.24, 2.45) is 4.99 Å². The lowest BCUT2D eigenvalue weighted by molar-refractivity contribution is 0.198. The smallest absolute Gasteiger partial charge is 0.248 e. The average molecular weight is 379 g/mol. The number of aliphatic imine (C=N–C) groups is 1. The fourth-order valence-electron chi connectivity index (χ4n) is 3.47. The summed E-state index contributed by atoms with van der Waals surface area (Å²) in [5.41, 5.74) is 5.79. The van der Waals surface area contributed by atoms with E-state index in [4.69, 9.17) is 0 Å². The summed E-state index contributed by atoms with van der Waals surface area (Å²) in [6.07, 6.45) is 5.72. The number of allylic oxidation sites excluding steroid dienone is 2. The number of pyridine rings is 1. The first-order valence-electron chi connectivity index (χ1n) is 9.90. The van der Waals surface area contributed by atoms with Crippen molar-refractivity contribution in [3.63, 3.8) is 0 Å². The van der Waals surface area contributed by atoms with E-state index >= 15 is 0 Å². The molecule has 1 aromatic carbocycles. The molecule has 1 aliphatic heterocycles. The van der Waals surface area contributed by atoms with Gasteiger partial charge in [-0.05, 0) is 57.0 Å². The second kappa shape index (κ2) is 9.02. The van der Waals surface area contributed by atoms with Gasteiger partial charge < -0.3 is 9.88 Å². The summed E-state index contributed by atoms with van der Waals surface area (Å²) in [5.74, 6) is 0. The molecule has 0 saturated carbocycles. The van der Waals surface area contributed by atoms with Crippen molar-refractivity contribution < 1.29 is 0 Å². The number of rotatable bonds is 5. The number of aromatic amines is 1. The number of nitrogens with zero attached hydrogens (tertiary/aromatic N) is 3. The van der Waals surface area contributed by atoms with E-state index in [1.165, 1.54) is 16.7 Å². The van der Waals surface area contributed by atoms with Gasteiger partial charge in [-0.3, -0.25) is 14.7 Å². The SMILES string of the molecule is CC(C)=CC=Nc1cc(C(C)N2CCN(c3ccc(=O)[nH]c3)CC2)ccc1C. The van der Waals surface area contributed by atoms with Crippen molar-refractivity contribution in [1.29, 1.82) is 0 Å². The van der Waals surface area contributed by atoms with E-state index in [0.717, 1.165) is 37.6 Å². The number of nitrogens with one attached hydrogen (secondary N) is 1. The van der Waals surface area contributed by atoms with Gasteiger partial charge in [-0.15, -0.1) is 0 Å². The quantitative estimate of drug-likeness (QED) is 0.792. The number of hydrogen-bond acceptors (Lipinski definition) is 4. The molecule has 1 aromatic heterocycles. The van der Waals surface area contributed by atoms with Gasteiger partial charge in [-0.25, -0.2) is 0 Å². The third-order valence-corrected chi connectivity index (χ3v) is 5.33. The largest absolute Gasteiger partial charge is 0.368 e. The standard InChI is InChI=1S/C23H30N4O/c1-17(2)9-10-24-22-15-20(6-5-18(22)3)19(4)26-11-13-27(14-12-26)21-7-8-23(28)25-16-21/h5-10,15-16,19H,11-14H2,1-4H3,(H,25,28). The van der Waals surface area contributed by atoms with E-state index in [9.17, 15) is 4.79 Å². The molecule has 0 amide bonds. The van der Waals surface area contributed by atoms with Gasteiger partial charge in [0.25, 0.3) is 0 Å². The third kappa shape index (κ3) is 4.98. The maximum Gasteiger partial charge on any atom is 0.248 e. The Labute approximate surface area is 167 Å². The Hall–Kier alpha value is -2.66. The highest BCUT2D eigenvalue weighted by molar-refractivity contribution is 5.75. The molecule has 0 aliphatic carbocycles. The molecule has 2 heterocycles. The normalized spacial score (nSPS) is 16.4. The number of benzene rings is 1. The molecule has 0 radical (unpaired) electrons. The number of hydrogen-bond donors (Lipinski definition) is 1. The molecule has 5 nitrogen and oxygen atoms in total. The molecule has 1 N–H and O–H groups in total. The zero-order valence-electron chi connectivity index (χ0n) is 17.3. The number of aromatic nitrogens is 1. The van der Waals surface area contributed by atoms with Gasteiger partial charge in [0, 0.05) is 50.7 Å². The summed E-state index contributed by atoms with van der Waals surface area (Å²) in [6, 6.07) is 10.4. The summed E-state index contributed by atoms with van der Waals surface area (Å²) in [6.45, 7) is 12.4. The monoisotopic (exact) mass is 378 g/mol. The molecule has 5 heteroatoms. The van der Waals surface area contributed by atoms with E-state index < -0.39 is 0 Å². The minimum Gasteiger partial charge on any atom is -0.368 e. The molecule has 1 aliphatic rings. The second-order valence-corrected chi connectivity index (χ2v) is 7.68. The van der Waals surface area contributed by atoms with Gasteiger partial charge in [0.2, 0.25) is 5.56 Å². The lowest BCUT2D eigenvalue weighted by atomic mass is 10.0. The number of anilines is 1. The van der Waals surface area contributed by atoms with Crippen LogP contribution in [0.5, 0.6) is 0 Å². The molecule has 3 rings (SSSR count). The molecule has 1 unspecified atom stereocenters. The van der Waals surface area contributed by atoms with Crippen LogP contribution in [0.2, 0.25) is 0 Å². The van der Waals surface area contributed by atoms with Crippen LogP contribution in [0, 0.1) is 6.92 Å². The van der Waals surface area contributed by atoms with Gasteiger partial charge in [0.15, 0.2) is 0 Å². The summed E-state index contributed by atoms with van der Waals surface area (Å²) >= 11 is 0. The van der Waals surface area contributed by atoms with E-state index in [0.29, 0.717) is 6.04 Å². The van der Waals surface area contributed by atoms with Crippen LogP contribution >= 0.6 is 0 Å². The molecular formula is C23H30N4O. The van der Waals surface area contributed by atoms with Crippen LogP contribution in [0.1, 0.15) is 37.9 Å². The van der Waals surface area contributed by atoms with Crippen molar-refractivity contribution in [1.82, 2.24) is 9.88 Å². The Morgan fingerprint density at radius 3 is 2.54 bits per heavy atom. The van der Waals surface area contributed by atoms with Crippen LogP contribution in [0.15, 0.2) is 58.0 Å². The highest BCUT2D eigenvalue weighted by atomic mass is 16.1. The maximum atomic E-state index is 11.3. The van der Waals surface area contributed by atoms with Gasteiger partial charge >= 0.3 is 0 Å². The molecule has 1 atom stereocenters. The van der Waals surface area contributed by atoms with E-state index in [1.807, 2.05) is 18.4 Å². The predicted octanol–water partition coefficient (Wildman–Crippen LogP) is 4.24. The molecule has 148 valence electrons. The van der Waals surface area contributed by atoms with E-state index in [-0.39, 0.29) is 5.56 Å². The lowest BCUT2D eigenvalue weighted by Gasteiger charge is -2.39. The van der Waals surface area contributed by atoms with Crippen LogP contribution in [0.4, 0.5) is 11.4 Å². The van der Waals surface area contributed by atoms with Crippen molar-refractivity contribution in [3.8, 4) is 0 Å². The molecule has 1 saturated heterocycles. The minimum absolute atomic E-state index is 0.0570. The Bertz CT molecular complexity index is 896. The Morgan fingerprint density at radius 2 is 1.89 bits per heavy atom. The van der Waals surface area contributed by atoms with Crippen LogP contribution < -0.4 is 10.5 Å². The zero-order chi connectivity index (χ0) is 20.1. The van der Waals surface area contributed by atoms with Crippen LogP contribution in [-0.2, 0) is 0 Å². The zero-order valence-corrected chi connectivity index (χ0v) is 17.3. The van der Waals surface area contributed by atoms with Gasteiger partial charge in [-0.2, -0.15) is 0 Å². The Morgan fingerprint density at radius 1 is 1.14 bits per heavy atom. The maximum absolute atomic E-state index is 11.3. The summed E-state index contributed by atoms with van der Waals surface area (Å²) in [4.78, 5) is 23.5. The van der Waals surface area contributed by atoms with Crippen molar-refractivity contribution in [3.05, 3.63) is 69.7 Å². The molecule has 0 bridgehead atoms. The highest BCUT2D eigenvalue weighted by Gasteiger charge is 2.22. The summed E-state index contributed by atoms with van der Waals surface area (Å²) in [5, 5.41) is 0. The molecule has 1 fully saturated rings. The van der Waals surface area contributed by atoms with E-state index in [1.54, 1.807) is 12.3 Å². The van der Waals surface area contributed by atoms with E-state index in [2.05, 4.69) is 65.7 Å². The van der Waals surface area contributed by atoms with Crippen molar-refractivity contribution >= 4 is 17.6 Å². The first-order valence-corrected chi connectivity index (χ1v) is 9.90. The molecule has 2 aromatic rings. The molecule has 0 spiro atoms. The lowest BCUT2D eigenvalue weighted by Crippen LogP contribution is -2.47. The summed E-state index contributed by atoms with van der Waals surface area (Å²) in [7, 11) is 0. The second-order valence-electron chi connectivity index (χ2n) is 7.68. The van der Waals surface area contributed by atoms with Gasteiger partial charge in [0.05, 0.1) is 11.4 Å². The first-order chi connectivity index (χ1) is 13.4. The number of piperazine rings is 1. The Balaban J connectivity index is 1.67. The van der Waals surface area contributed by atoms with Crippen molar-refractivity contribution in [2.45, 2.75) is 33.7 Å². The van der Waals surface area contributed by atoms with Crippen molar-refractivity contribution in [2.75, 3.05) is 31.1 Å². The summed E-state index contributed by atoms with van der Waals surface area (Å²) < 4.78 is 0. The number of H-pyrrole nitrogens is 1. The van der Waals surface area contributed by atoms with Crippen LogP contribution in [0.3, 0.4) is 0 Å². The van der Waals surface area contributed by atoms with Gasteiger partial charge in [0.1, 0.15) is 0 Å². The van der Waals surface area contributed by atoms with Crippen LogP contribution in [0.25, 0.3) is 0 Å². The fraction of sp³-hybridized carbons (Fsp3) is 0.391. The third-order valence-electron chi connectivity index (χ3n) is 5.33.